The third kappa shape index (κ3) is 5.97. The topological polar surface area (TPSA) is 64.6 Å². The summed E-state index contributed by atoms with van der Waals surface area (Å²) in [6.45, 7) is 4.87. The molecule has 20 heavy (non-hydrogen) atoms. The van der Waals surface area contributed by atoms with Crippen LogP contribution in [0.4, 0.5) is 0 Å². The summed E-state index contributed by atoms with van der Waals surface area (Å²) in [7, 11) is -3.03. The zero-order chi connectivity index (χ0) is 14.8. The molecule has 0 atom stereocenters. The van der Waals surface area contributed by atoms with Gasteiger partial charge in [-0.1, -0.05) is 30.3 Å². The normalized spacial score (nSPS) is 11.5. The lowest BCUT2D eigenvalue weighted by molar-refractivity contribution is 0.0991. The first-order chi connectivity index (χ1) is 9.61. The first-order valence-corrected chi connectivity index (χ1v) is 8.51. The molecular weight excluding hydrogens is 277 g/mol. The first kappa shape index (κ1) is 17.1. The Balaban J connectivity index is 2.33. The molecule has 1 aromatic carbocycles. The van der Waals surface area contributed by atoms with E-state index < -0.39 is 7.60 Å². The van der Waals surface area contributed by atoms with E-state index in [0.29, 0.717) is 25.3 Å². The van der Waals surface area contributed by atoms with Crippen LogP contribution in [0, 0.1) is 0 Å². The van der Waals surface area contributed by atoms with Crippen molar-refractivity contribution in [1.29, 1.82) is 0 Å². The Morgan fingerprint density at radius 2 is 1.75 bits per heavy atom. The summed E-state index contributed by atoms with van der Waals surface area (Å²) in [5.41, 5.74) is 0.665. The van der Waals surface area contributed by atoms with E-state index in [1.165, 1.54) is 0 Å². The molecule has 1 rings (SSSR count). The Kier molecular flexibility index (Phi) is 7.70. The number of nitrogens with one attached hydrogen (secondary N) is 1. The van der Waals surface area contributed by atoms with Gasteiger partial charge in [-0.25, -0.2) is 0 Å². The number of benzene rings is 1. The first-order valence-electron chi connectivity index (χ1n) is 6.78. The van der Waals surface area contributed by atoms with E-state index in [1.807, 2.05) is 18.2 Å². The fourth-order valence-corrected chi connectivity index (χ4v) is 3.26. The van der Waals surface area contributed by atoms with Crippen LogP contribution in [0.5, 0.6) is 0 Å². The predicted octanol–water partition coefficient (Wildman–Crippen LogP) is 2.73. The summed E-state index contributed by atoms with van der Waals surface area (Å²) in [5.74, 6) is 0.00764. The molecule has 0 radical (unpaired) electrons. The number of carbonyl (C=O) groups excluding carboxylic acids is 1. The zero-order valence-corrected chi connectivity index (χ0v) is 12.9. The van der Waals surface area contributed by atoms with Crippen molar-refractivity contribution < 1.29 is 18.4 Å². The van der Waals surface area contributed by atoms with Gasteiger partial charge in [0, 0.05) is 12.1 Å². The van der Waals surface area contributed by atoms with E-state index in [-0.39, 0.29) is 18.5 Å². The summed E-state index contributed by atoms with van der Waals surface area (Å²) < 4.78 is 22.5. The van der Waals surface area contributed by atoms with Gasteiger partial charge >= 0.3 is 7.60 Å². The smallest absolute Gasteiger partial charge is 0.309 e. The zero-order valence-electron chi connectivity index (χ0n) is 12.0. The van der Waals surface area contributed by atoms with Crippen molar-refractivity contribution in [2.75, 3.05) is 32.5 Å². The van der Waals surface area contributed by atoms with Gasteiger partial charge in [-0.15, -0.1) is 0 Å². The Bertz CT molecular complexity index is 440. The van der Waals surface area contributed by atoms with Gasteiger partial charge in [0.1, 0.15) is 0 Å². The average Bonchev–Trinajstić information content (AvgIpc) is 2.45. The van der Waals surface area contributed by atoms with E-state index in [9.17, 15) is 9.36 Å². The van der Waals surface area contributed by atoms with Crippen molar-refractivity contribution in [3.8, 4) is 0 Å². The molecule has 0 fully saturated rings. The van der Waals surface area contributed by atoms with Gasteiger partial charge in [0.25, 0.3) is 0 Å². The highest BCUT2D eigenvalue weighted by molar-refractivity contribution is 7.53. The predicted molar refractivity (Wildman–Crippen MR) is 79.4 cm³/mol. The average molecular weight is 299 g/mol. The molecule has 1 aromatic rings. The molecule has 0 saturated carbocycles. The van der Waals surface area contributed by atoms with Crippen LogP contribution < -0.4 is 5.32 Å². The summed E-state index contributed by atoms with van der Waals surface area (Å²) >= 11 is 0. The highest BCUT2D eigenvalue weighted by Crippen LogP contribution is 2.47. The monoisotopic (exact) mass is 299 g/mol. The van der Waals surface area contributed by atoms with Gasteiger partial charge in [0.05, 0.1) is 25.9 Å². The van der Waals surface area contributed by atoms with Crippen molar-refractivity contribution in [2.45, 2.75) is 13.8 Å². The molecule has 0 unspecified atom stereocenters. The molecule has 0 aliphatic heterocycles. The number of hydrogen-bond donors (Lipinski definition) is 1. The van der Waals surface area contributed by atoms with Crippen LogP contribution in [0.3, 0.4) is 0 Å². The van der Waals surface area contributed by atoms with E-state index in [2.05, 4.69) is 5.32 Å². The molecule has 0 amide bonds. The largest absolute Gasteiger partial charge is 0.331 e. The minimum Gasteiger partial charge on any atom is -0.309 e. The third-order valence-corrected chi connectivity index (χ3v) is 4.67. The molecule has 1 N–H and O–H groups in total. The summed E-state index contributed by atoms with van der Waals surface area (Å²) in [6, 6.07) is 9.06. The Morgan fingerprint density at radius 1 is 1.15 bits per heavy atom. The molecule has 0 aliphatic carbocycles. The molecule has 5 nitrogen and oxygen atoms in total. The van der Waals surface area contributed by atoms with Gasteiger partial charge in [0.2, 0.25) is 0 Å². The maximum absolute atomic E-state index is 12.2. The Hall–Kier alpha value is -1.00. The van der Waals surface area contributed by atoms with Crippen LogP contribution >= 0.6 is 7.60 Å². The molecule has 0 aromatic heterocycles. The van der Waals surface area contributed by atoms with E-state index in [4.69, 9.17) is 9.05 Å². The second-order valence-corrected chi connectivity index (χ2v) is 6.32. The quantitative estimate of drug-likeness (QED) is 0.409. The van der Waals surface area contributed by atoms with Crippen LogP contribution in [0.15, 0.2) is 30.3 Å². The number of rotatable bonds is 10. The second kappa shape index (κ2) is 9.03. The van der Waals surface area contributed by atoms with Crippen molar-refractivity contribution in [1.82, 2.24) is 5.32 Å². The maximum Gasteiger partial charge on any atom is 0.331 e. The Labute approximate surface area is 120 Å². The van der Waals surface area contributed by atoms with Crippen LogP contribution in [0.1, 0.15) is 24.2 Å². The van der Waals surface area contributed by atoms with Crippen LogP contribution in [0.25, 0.3) is 0 Å². The molecule has 0 spiro atoms. The molecule has 0 bridgehead atoms. The fourth-order valence-electron chi connectivity index (χ4n) is 1.70. The van der Waals surface area contributed by atoms with E-state index >= 15 is 0 Å². The molecule has 6 heteroatoms. The van der Waals surface area contributed by atoms with Crippen molar-refractivity contribution in [2.24, 2.45) is 0 Å². The number of ketones is 1. The van der Waals surface area contributed by atoms with Gasteiger partial charge in [-0.3, -0.25) is 9.36 Å². The summed E-state index contributed by atoms with van der Waals surface area (Å²) in [4.78, 5) is 11.8. The van der Waals surface area contributed by atoms with E-state index in [0.717, 1.165) is 0 Å². The highest BCUT2D eigenvalue weighted by atomic mass is 31.2. The third-order valence-electron chi connectivity index (χ3n) is 2.60. The number of carbonyl (C=O) groups is 1. The lowest BCUT2D eigenvalue weighted by Crippen LogP contribution is -2.26. The minimum absolute atomic E-state index is 0.00764. The van der Waals surface area contributed by atoms with Crippen LogP contribution in [-0.4, -0.2) is 38.2 Å². The summed E-state index contributed by atoms with van der Waals surface area (Å²) in [5, 5.41) is 2.97. The maximum atomic E-state index is 12.2. The molecular formula is C14H22NO4P. The number of hydrogen-bond acceptors (Lipinski definition) is 5. The SMILES string of the molecule is CCOP(=O)(CCNCC(=O)c1ccccc1)OCC. The van der Waals surface area contributed by atoms with Crippen molar-refractivity contribution >= 4 is 13.4 Å². The van der Waals surface area contributed by atoms with Crippen LogP contribution in [0.2, 0.25) is 0 Å². The Morgan fingerprint density at radius 3 is 2.30 bits per heavy atom. The standard InChI is InChI=1S/C14H22NO4P/c1-3-18-20(17,19-4-2)11-10-15-12-14(16)13-8-6-5-7-9-13/h5-9,15H,3-4,10-12H2,1-2H3. The van der Waals surface area contributed by atoms with Gasteiger partial charge in [0.15, 0.2) is 5.78 Å². The fraction of sp³-hybridized carbons (Fsp3) is 0.500. The van der Waals surface area contributed by atoms with E-state index in [1.54, 1.807) is 26.0 Å². The molecule has 112 valence electrons. The highest BCUT2D eigenvalue weighted by Gasteiger charge is 2.22. The van der Waals surface area contributed by atoms with Crippen molar-refractivity contribution in [3.05, 3.63) is 35.9 Å². The van der Waals surface area contributed by atoms with Gasteiger partial charge in [-0.2, -0.15) is 0 Å². The van der Waals surface area contributed by atoms with Crippen molar-refractivity contribution in [3.63, 3.8) is 0 Å². The summed E-state index contributed by atoms with van der Waals surface area (Å²) in [6.07, 6.45) is 0.261. The van der Waals surface area contributed by atoms with Gasteiger partial charge in [-0.05, 0) is 13.8 Å². The lowest BCUT2D eigenvalue weighted by Gasteiger charge is -2.16. The second-order valence-electron chi connectivity index (χ2n) is 4.14. The van der Waals surface area contributed by atoms with Gasteiger partial charge < -0.3 is 14.4 Å². The molecule has 0 aliphatic rings. The lowest BCUT2D eigenvalue weighted by atomic mass is 10.1. The minimum atomic E-state index is -3.03. The molecule has 0 saturated heterocycles. The van der Waals surface area contributed by atoms with Crippen LogP contribution in [-0.2, 0) is 13.6 Å². The molecule has 0 heterocycles. The number of Topliss-reactive ketones (excluding diaryl/α,β-unsaturated/α-hetero) is 1.